The minimum absolute atomic E-state index is 0.0838. The van der Waals surface area contributed by atoms with Crippen LogP contribution in [0.4, 0.5) is 0 Å². The molecule has 0 aromatic heterocycles. The molecule has 2 amide bonds. The molecule has 0 saturated heterocycles. The fourth-order valence-corrected chi connectivity index (χ4v) is 8.58. The van der Waals surface area contributed by atoms with Crippen LogP contribution >= 0.6 is 63.7 Å². The maximum Gasteiger partial charge on any atom is 0.269 e. The summed E-state index contributed by atoms with van der Waals surface area (Å²) in [7, 11) is 3.01. The first-order valence-electron chi connectivity index (χ1n) is 12.3. The van der Waals surface area contributed by atoms with Gasteiger partial charge in [0.05, 0.1) is 38.7 Å². The number of unbranched alkanes of at least 4 members (excludes halogenated alkanes) is 1. The van der Waals surface area contributed by atoms with Crippen molar-refractivity contribution in [1.29, 1.82) is 0 Å². The average Bonchev–Trinajstić information content (AvgIpc) is 3.54. The molecule has 2 spiro atoms. The van der Waals surface area contributed by atoms with Gasteiger partial charge in [-0.3, -0.25) is 14.6 Å². The van der Waals surface area contributed by atoms with Gasteiger partial charge in [0.25, 0.3) is 11.8 Å². The van der Waals surface area contributed by atoms with Gasteiger partial charge >= 0.3 is 0 Å². The number of carbonyl (C=O) groups is 2. The molecule has 2 aliphatic heterocycles. The van der Waals surface area contributed by atoms with Crippen molar-refractivity contribution < 1.29 is 34.1 Å². The van der Waals surface area contributed by atoms with Gasteiger partial charge in [0.1, 0.15) is 35.1 Å². The number of rotatable bonds is 9. The highest BCUT2D eigenvalue weighted by molar-refractivity contribution is 9.12. The van der Waals surface area contributed by atoms with Gasteiger partial charge in [0, 0.05) is 31.3 Å². The lowest BCUT2D eigenvalue weighted by Crippen LogP contribution is -2.45. The molecule has 2 heterocycles. The molecule has 4 unspecified atom stereocenters. The molecule has 218 valence electrons. The van der Waals surface area contributed by atoms with Gasteiger partial charge in [-0.15, -0.1) is 0 Å². The number of amides is 2. The molecule has 0 saturated carbocycles. The Balaban J connectivity index is 1.17. The van der Waals surface area contributed by atoms with E-state index in [-0.39, 0.29) is 30.5 Å². The van der Waals surface area contributed by atoms with Gasteiger partial charge in [0.15, 0.2) is 5.60 Å². The molecule has 11 nitrogen and oxygen atoms in total. The molecule has 4 atom stereocenters. The summed E-state index contributed by atoms with van der Waals surface area (Å²) in [6, 6.07) is 0. The predicted molar refractivity (Wildman–Crippen MR) is 162 cm³/mol. The first-order chi connectivity index (χ1) is 19.0. The van der Waals surface area contributed by atoms with Crippen molar-refractivity contribution in [2.24, 2.45) is 15.6 Å². The Morgan fingerprint density at radius 2 is 1.48 bits per heavy atom. The number of methoxy groups -OCH3 is 2. The van der Waals surface area contributed by atoms with Gasteiger partial charge in [-0.1, -0.05) is 11.2 Å². The number of nitrogens with one attached hydrogen (secondary N) is 2. The van der Waals surface area contributed by atoms with Crippen molar-refractivity contribution in [2.45, 2.75) is 43.5 Å². The topological polar surface area (TPSA) is 151 Å². The molecule has 40 heavy (non-hydrogen) atoms. The molecule has 4 N–H and O–H groups in total. The van der Waals surface area contributed by atoms with Gasteiger partial charge in [-0.25, -0.2) is 0 Å². The maximum absolute atomic E-state index is 12.7. The van der Waals surface area contributed by atoms with Crippen molar-refractivity contribution in [1.82, 2.24) is 10.6 Å². The van der Waals surface area contributed by atoms with E-state index in [1.54, 1.807) is 6.08 Å². The van der Waals surface area contributed by atoms with Gasteiger partial charge in [-0.2, -0.15) is 0 Å². The molecular formula is C25H28Br4N4O7. The van der Waals surface area contributed by atoms with E-state index in [0.29, 0.717) is 67.5 Å². The Kier molecular flexibility index (Phi) is 10.0. The van der Waals surface area contributed by atoms with Crippen LogP contribution in [0.3, 0.4) is 0 Å². The number of hydrogen-bond acceptors (Lipinski definition) is 9. The fraction of sp³-hybridized carbons (Fsp3) is 0.520. The SMILES string of the molecule is COC1=C(Br)C(O)C2(C=C1Br)CN=C(C(=O)NCCCCNC(=O)C1=NOC3(C=C(Br)C(OC)=C(Br)C3O)C1)C2. The van der Waals surface area contributed by atoms with E-state index in [1.807, 2.05) is 6.08 Å². The Bertz CT molecular complexity index is 1180. The van der Waals surface area contributed by atoms with Gasteiger partial charge in [0.2, 0.25) is 0 Å². The third-order valence-corrected chi connectivity index (χ3v) is 9.84. The van der Waals surface area contributed by atoms with E-state index in [4.69, 9.17) is 14.3 Å². The smallest absolute Gasteiger partial charge is 0.269 e. The average molecular weight is 816 g/mol. The van der Waals surface area contributed by atoms with Crippen LogP contribution in [0, 0.1) is 5.41 Å². The lowest BCUT2D eigenvalue weighted by molar-refractivity contribution is -0.115. The molecule has 0 fully saturated rings. The summed E-state index contributed by atoms with van der Waals surface area (Å²) in [5.74, 6) is 0.286. The van der Waals surface area contributed by atoms with Gasteiger partial charge < -0.3 is 35.2 Å². The quantitative estimate of drug-likeness (QED) is 0.262. The lowest BCUT2D eigenvalue weighted by Gasteiger charge is -2.35. The summed E-state index contributed by atoms with van der Waals surface area (Å²) in [4.78, 5) is 35.2. The Hall–Kier alpha value is -1.52. The fourth-order valence-electron chi connectivity index (χ4n) is 4.86. The third kappa shape index (κ3) is 6.00. The first kappa shape index (κ1) is 31.4. The lowest BCUT2D eigenvalue weighted by atomic mass is 9.76. The number of oxime groups is 1. The molecule has 0 aromatic carbocycles. The number of aliphatic hydroxyl groups excluding tert-OH is 2. The van der Waals surface area contributed by atoms with Crippen molar-refractivity contribution >= 4 is 87.0 Å². The minimum atomic E-state index is -1.21. The number of allylic oxidation sites excluding steroid dienone is 2. The highest BCUT2D eigenvalue weighted by atomic mass is 79.9. The van der Waals surface area contributed by atoms with E-state index in [9.17, 15) is 19.8 Å². The summed E-state index contributed by atoms with van der Waals surface area (Å²) in [6.07, 6.45) is 3.14. The number of halogens is 4. The maximum atomic E-state index is 12.7. The van der Waals surface area contributed by atoms with Crippen molar-refractivity contribution in [3.8, 4) is 0 Å². The summed E-state index contributed by atoms with van der Waals surface area (Å²) in [6.45, 7) is 1.06. The largest absolute Gasteiger partial charge is 0.495 e. The number of nitrogens with zero attached hydrogens (tertiary/aromatic N) is 2. The van der Waals surface area contributed by atoms with Crippen LogP contribution in [0.15, 0.2) is 51.7 Å². The summed E-state index contributed by atoms with van der Waals surface area (Å²) in [5, 5.41) is 31.1. The zero-order valence-corrected chi connectivity index (χ0v) is 27.9. The first-order valence-corrected chi connectivity index (χ1v) is 15.5. The van der Waals surface area contributed by atoms with Crippen LogP contribution in [0.5, 0.6) is 0 Å². The summed E-state index contributed by atoms with van der Waals surface area (Å²) >= 11 is 13.6. The number of aliphatic hydroxyl groups is 2. The summed E-state index contributed by atoms with van der Waals surface area (Å²) in [5.41, 5.74) is -1.39. The molecule has 0 bridgehead atoms. The van der Waals surface area contributed by atoms with Crippen molar-refractivity contribution in [3.05, 3.63) is 41.6 Å². The zero-order chi connectivity index (χ0) is 29.2. The number of aliphatic imine (C=N–C) groups is 1. The molecule has 15 heteroatoms. The third-order valence-electron chi connectivity index (χ3n) is 7.08. The minimum Gasteiger partial charge on any atom is -0.495 e. The molecule has 2 aliphatic carbocycles. The Morgan fingerprint density at radius 1 is 0.925 bits per heavy atom. The van der Waals surface area contributed by atoms with Crippen LogP contribution < -0.4 is 10.6 Å². The predicted octanol–water partition coefficient (Wildman–Crippen LogP) is 3.16. The second-order valence-electron chi connectivity index (χ2n) is 9.70. The highest BCUT2D eigenvalue weighted by Gasteiger charge is 2.51. The Labute approximate surface area is 264 Å². The number of carbonyl (C=O) groups excluding carboxylic acids is 2. The molecule has 4 rings (SSSR count). The molecule has 4 aliphatic rings. The van der Waals surface area contributed by atoms with Crippen molar-refractivity contribution in [2.75, 3.05) is 33.9 Å². The standard InChI is InChI=1S/C25H28Br4N4O7/c1-38-18-12(26)7-24(20(34)16(18)28)9-14(32-11-24)22(36)30-5-3-4-6-31-23(37)15-10-25(40-33-15)8-13(27)19(39-2)17(29)21(25)35/h7-8,20-21,34-35H,3-6,9-11H2,1-2H3,(H,30,36)(H,31,37). The zero-order valence-electron chi connectivity index (χ0n) is 21.6. The van der Waals surface area contributed by atoms with Gasteiger partial charge in [-0.05, 0) is 82.6 Å². The van der Waals surface area contributed by atoms with Crippen LogP contribution in [0.25, 0.3) is 0 Å². The monoisotopic (exact) mass is 812 g/mol. The normalized spacial score (nSPS) is 29.6. The van der Waals surface area contributed by atoms with E-state index < -0.39 is 23.2 Å². The second kappa shape index (κ2) is 12.8. The van der Waals surface area contributed by atoms with Crippen LogP contribution in [0.2, 0.25) is 0 Å². The number of ether oxygens (including phenoxy) is 2. The van der Waals surface area contributed by atoms with E-state index in [0.717, 1.165) is 0 Å². The summed E-state index contributed by atoms with van der Waals surface area (Å²) < 4.78 is 12.8. The van der Waals surface area contributed by atoms with E-state index in [2.05, 4.69) is 84.5 Å². The van der Waals surface area contributed by atoms with Crippen molar-refractivity contribution in [3.63, 3.8) is 0 Å². The highest BCUT2D eigenvalue weighted by Crippen LogP contribution is 2.47. The van der Waals surface area contributed by atoms with Crippen LogP contribution in [0.1, 0.15) is 25.7 Å². The Morgan fingerprint density at radius 3 is 2.08 bits per heavy atom. The van der Waals surface area contributed by atoms with Crippen LogP contribution in [-0.2, 0) is 23.9 Å². The van der Waals surface area contributed by atoms with E-state index >= 15 is 0 Å². The molecular weight excluding hydrogens is 788 g/mol. The van der Waals surface area contributed by atoms with Crippen LogP contribution in [-0.4, -0.2) is 85.1 Å². The second-order valence-corrected chi connectivity index (χ2v) is 13.1. The molecule has 0 aromatic rings. The number of hydrogen-bond donors (Lipinski definition) is 4. The molecule has 0 radical (unpaired) electrons. The van der Waals surface area contributed by atoms with E-state index in [1.165, 1.54) is 14.2 Å².